The van der Waals surface area contributed by atoms with Gasteiger partial charge in [0.1, 0.15) is 0 Å². The van der Waals surface area contributed by atoms with E-state index in [-0.39, 0.29) is 27.6 Å². The highest BCUT2D eigenvalue weighted by Crippen LogP contribution is 2.29. The number of ketones is 1. The maximum Gasteiger partial charge on any atom is 0.160 e. The van der Waals surface area contributed by atoms with E-state index in [4.69, 9.17) is 4.74 Å². The standard InChI is InChI=1S/C9H10Br2O2/c10-7-3-5-1-2-6(13-5)4-8(11)9(7)12/h1-2,5-8H,3-4H2/t5-,6+,7-,8-/m1/s1. The highest BCUT2D eigenvalue weighted by molar-refractivity contribution is 9.10. The van der Waals surface area contributed by atoms with Crippen molar-refractivity contribution in [2.24, 2.45) is 0 Å². The molecule has 0 N–H and O–H groups in total. The monoisotopic (exact) mass is 308 g/mol. The van der Waals surface area contributed by atoms with Crippen LogP contribution < -0.4 is 0 Å². The molecule has 72 valence electrons. The first-order valence-electron chi connectivity index (χ1n) is 4.32. The molecule has 2 aliphatic rings. The number of hydrogen-bond donors (Lipinski definition) is 0. The van der Waals surface area contributed by atoms with Crippen LogP contribution in [0.1, 0.15) is 12.8 Å². The van der Waals surface area contributed by atoms with Crippen LogP contribution in [0.15, 0.2) is 12.2 Å². The average Bonchev–Trinajstić information content (AvgIpc) is 2.50. The Morgan fingerprint density at radius 1 is 1.15 bits per heavy atom. The number of ether oxygens (including phenoxy) is 1. The first-order valence-corrected chi connectivity index (χ1v) is 6.15. The third-order valence-electron chi connectivity index (χ3n) is 2.39. The van der Waals surface area contributed by atoms with Gasteiger partial charge in [-0.2, -0.15) is 0 Å². The molecule has 0 spiro atoms. The summed E-state index contributed by atoms with van der Waals surface area (Å²) in [7, 11) is 0. The maximum atomic E-state index is 11.6. The summed E-state index contributed by atoms with van der Waals surface area (Å²) in [5.41, 5.74) is 0. The molecule has 0 amide bonds. The van der Waals surface area contributed by atoms with Crippen LogP contribution in [0.3, 0.4) is 0 Å². The van der Waals surface area contributed by atoms with Gasteiger partial charge < -0.3 is 4.74 Å². The number of halogens is 2. The Hall–Kier alpha value is 0.330. The number of carbonyl (C=O) groups excluding carboxylic acids is 1. The van der Waals surface area contributed by atoms with Gasteiger partial charge in [0.2, 0.25) is 0 Å². The summed E-state index contributed by atoms with van der Waals surface area (Å²) in [5.74, 6) is 0.238. The van der Waals surface area contributed by atoms with Crippen molar-refractivity contribution in [1.29, 1.82) is 0 Å². The van der Waals surface area contributed by atoms with Crippen molar-refractivity contribution in [3.8, 4) is 0 Å². The third-order valence-corrected chi connectivity index (χ3v) is 4.04. The van der Waals surface area contributed by atoms with E-state index >= 15 is 0 Å². The second-order valence-corrected chi connectivity index (χ2v) is 5.62. The lowest BCUT2D eigenvalue weighted by Gasteiger charge is -2.23. The zero-order chi connectivity index (χ0) is 9.42. The average molecular weight is 310 g/mol. The fourth-order valence-electron chi connectivity index (χ4n) is 1.67. The fourth-order valence-corrected chi connectivity index (χ4v) is 3.40. The minimum absolute atomic E-state index is 0.0782. The van der Waals surface area contributed by atoms with Crippen LogP contribution in [0.25, 0.3) is 0 Å². The van der Waals surface area contributed by atoms with E-state index in [0.29, 0.717) is 0 Å². The van der Waals surface area contributed by atoms with Gasteiger partial charge in [0.15, 0.2) is 5.78 Å². The van der Waals surface area contributed by atoms with E-state index in [1.165, 1.54) is 0 Å². The number of alkyl halides is 2. The van der Waals surface area contributed by atoms with Gasteiger partial charge in [-0.15, -0.1) is 0 Å². The Bertz CT molecular complexity index is 230. The van der Waals surface area contributed by atoms with Crippen LogP contribution in [0, 0.1) is 0 Å². The molecule has 2 aliphatic heterocycles. The second-order valence-electron chi connectivity index (χ2n) is 3.41. The van der Waals surface area contributed by atoms with Crippen LogP contribution in [0.5, 0.6) is 0 Å². The first kappa shape index (κ1) is 9.87. The highest BCUT2D eigenvalue weighted by atomic mass is 79.9. The smallest absolute Gasteiger partial charge is 0.160 e. The van der Waals surface area contributed by atoms with Gasteiger partial charge in [0.25, 0.3) is 0 Å². The summed E-state index contributed by atoms with van der Waals surface area (Å²) >= 11 is 6.77. The number of hydrogen-bond acceptors (Lipinski definition) is 2. The molecular weight excluding hydrogens is 300 g/mol. The summed E-state index contributed by atoms with van der Waals surface area (Å²) in [5, 5.41) is 0. The number of Topliss-reactive ketones (excluding diaryl/α,β-unsaturated/α-hetero) is 1. The summed E-state index contributed by atoms with van der Waals surface area (Å²) in [6.07, 6.45) is 5.84. The molecule has 2 nitrogen and oxygen atoms in total. The van der Waals surface area contributed by atoms with Crippen LogP contribution in [0.2, 0.25) is 0 Å². The van der Waals surface area contributed by atoms with Gasteiger partial charge in [-0.3, -0.25) is 4.79 Å². The van der Waals surface area contributed by atoms with Crippen molar-refractivity contribution in [1.82, 2.24) is 0 Å². The molecule has 2 rings (SSSR count). The largest absolute Gasteiger partial charge is 0.367 e. The van der Waals surface area contributed by atoms with Crippen molar-refractivity contribution in [2.75, 3.05) is 0 Å². The van der Waals surface area contributed by atoms with Crippen LogP contribution >= 0.6 is 31.9 Å². The van der Waals surface area contributed by atoms with E-state index in [2.05, 4.69) is 44.0 Å². The normalized spacial score (nSPS) is 44.6. The van der Waals surface area contributed by atoms with Crippen molar-refractivity contribution < 1.29 is 9.53 Å². The minimum atomic E-state index is -0.0782. The molecule has 4 heteroatoms. The molecule has 4 atom stereocenters. The molecule has 0 unspecified atom stereocenters. The van der Waals surface area contributed by atoms with Gasteiger partial charge in [-0.25, -0.2) is 0 Å². The Labute approximate surface area is 94.0 Å². The van der Waals surface area contributed by atoms with Crippen LogP contribution in [0.4, 0.5) is 0 Å². The summed E-state index contributed by atoms with van der Waals surface area (Å²) < 4.78 is 5.67. The zero-order valence-corrected chi connectivity index (χ0v) is 10.1. The predicted octanol–water partition coefficient (Wildman–Crippen LogP) is 2.20. The Kier molecular flexibility index (Phi) is 2.91. The maximum absolute atomic E-state index is 11.6. The van der Waals surface area contributed by atoms with Crippen molar-refractivity contribution in [3.05, 3.63) is 12.2 Å². The quantitative estimate of drug-likeness (QED) is 0.506. The second kappa shape index (κ2) is 3.83. The Morgan fingerprint density at radius 2 is 1.62 bits per heavy atom. The van der Waals surface area contributed by atoms with E-state index in [9.17, 15) is 4.79 Å². The molecule has 1 saturated heterocycles. The lowest BCUT2D eigenvalue weighted by atomic mass is 10.1. The third kappa shape index (κ3) is 2.05. The van der Waals surface area contributed by atoms with Gasteiger partial charge in [0.05, 0.1) is 21.9 Å². The molecule has 13 heavy (non-hydrogen) atoms. The lowest BCUT2D eigenvalue weighted by molar-refractivity contribution is -0.120. The van der Waals surface area contributed by atoms with Crippen molar-refractivity contribution in [3.63, 3.8) is 0 Å². The van der Waals surface area contributed by atoms with Crippen LogP contribution in [-0.2, 0) is 9.53 Å². The molecule has 0 aromatic carbocycles. The van der Waals surface area contributed by atoms with Gasteiger partial charge >= 0.3 is 0 Å². The molecular formula is C9H10Br2O2. The van der Waals surface area contributed by atoms with Gasteiger partial charge in [-0.05, 0) is 12.8 Å². The van der Waals surface area contributed by atoms with Gasteiger partial charge in [0, 0.05) is 0 Å². The molecule has 0 aromatic heterocycles. The number of rotatable bonds is 0. The van der Waals surface area contributed by atoms with Crippen molar-refractivity contribution in [2.45, 2.75) is 34.7 Å². The van der Waals surface area contributed by atoms with Gasteiger partial charge in [-0.1, -0.05) is 44.0 Å². The predicted molar refractivity (Wildman–Crippen MR) is 57.5 cm³/mol. The summed E-state index contributed by atoms with van der Waals surface area (Å²) in [6, 6.07) is 0. The van der Waals surface area contributed by atoms with Crippen LogP contribution in [-0.4, -0.2) is 27.6 Å². The lowest BCUT2D eigenvalue weighted by Crippen LogP contribution is -2.33. The topological polar surface area (TPSA) is 26.3 Å². The molecule has 0 radical (unpaired) electrons. The molecule has 2 heterocycles. The number of fused-ring (bicyclic) bond motifs is 2. The molecule has 0 aliphatic carbocycles. The van der Waals surface area contributed by atoms with Crippen molar-refractivity contribution >= 4 is 37.6 Å². The molecule has 1 fully saturated rings. The summed E-state index contributed by atoms with van der Waals surface area (Å²) in [6.45, 7) is 0. The highest BCUT2D eigenvalue weighted by Gasteiger charge is 2.33. The van der Waals surface area contributed by atoms with E-state index in [0.717, 1.165) is 12.8 Å². The van der Waals surface area contributed by atoms with E-state index in [1.54, 1.807) is 0 Å². The fraction of sp³-hybridized carbons (Fsp3) is 0.667. The Morgan fingerprint density at radius 3 is 2.08 bits per heavy atom. The SMILES string of the molecule is O=C1[C@H](Br)C[C@H]2C=C[C@@H](C[C@H]1Br)O2. The summed E-state index contributed by atoms with van der Waals surface area (Å²) in [4.78, 5) is 11.5. The minimum Gasteiger partial charge on any atom is -0.367 e. The first-order chi connectivity index (χ1) is 6.16. The number of carbonyl (C=O) groups is 1. The molecule has 2 bridgehead atoms. The molecule has 0 aromatic rings. The van der Waals surface area contributed by atoms with E-state index < -0.39 is 0 Å². The van der Waals surface area contributed by atoms with E-state index in [1.807, 2.05) is 0 Å². The molecule has 0 saturated carbocycles. The zero-order valence-electron chi connectivity index (χ0n) is 6.95. The Balaban J connectivity index is 2.14.